The second kappa shape index (κ2) is 10.6. The fraction of sp³-hybridized carbons (Fsp3) is 0.938. The maximum absolute atomic E-state index is 5.96. The van der Waals surface area contributed by atoms with Gasteiger partial charge in [0.2, 0.25) is 0 Å². The van der Waals surface area contributed by atoms with E-state index in [1.165, 1.54) is 5.71 Å². The Morgan fingerprint density at radius 1 is 1.35 bits per heavy atom. The van der Waals surface area contributed by atoms with Gasteiger partial charge in [-0.05, 0) is 32.6 Å². The summed E-state index contributed by atoms with van der Waals surface area (Å²) in [6.07, 6.45) is 5.67. The first-order chi connectivity index (χ1) is 9.41. The minimum Gasteiger partial charge on any atom is -0.294 e. The molecule has 4 heteroatoms. The Labute approximate surface area is 128 Å². The first-order valence-electron chi connectivity index (χ1n) is 8.00. The highest BCUT2D eigenvalue weighted by atomic mass is 32.3. The minimum atomic E-state index is -1.28. The van der Waals surface area contributed by atoms with Crippen LogP contribution in [0.15, 0.2) is 4.99 Å². The summed E-state index contributed by atoms with van der Waals surface area (Å²) < 4.78 is 11.8. The van der Waals surface area contributed by atoms with Crippen molar-refractivity contribution in [1.29, 1.82) is 0 Å². The summed E-state index contributed by atoms with van der Waals surface area (Å²) in [6.45, 7) is 14.5. The van der Waals surface area contributed by atoms with Crippen molar-refractivity contribution in [2.24, 2.45) is 10.9 Å². The van der Waals surface area contributed by atoms with Gasteiger partial charge in [-0.2, -0.15) is 10.6 Å². The Balaban J connectivity index is 0.00000172. The summed E-state index contributed by atoms with van der Waals surface area (Å²) >= 11 is 0. The predicted molar refractivity (Wildman–Crippen MR) is 92.9 cm³/mol. The van der Waals surface area contributed by atoms with Crippen LogP contribution in [0.3, 0.4) is 0 Å². The Hall–Kier alpha value is -0.0600. The normalized spacial score (nSPS) is 30.4. The molecule has 1 saturated heterocycles. The molecule has 0 aromatic carbocycles. The highest BCUT2D eigenvalue weighted by molar-refractivity contribution is 8.25. The molecule has 0 aromatic heterocycles. The summed E-state index contributed by atoms with van der Waals surface area (Å²) in [5.74, 6) is 1.71. The molecule has 0 amide bonds. The van der Waals surface area contributed by atoms with Crippen LogP contribution < -0.4 is 0 Å². The largest absolute Gasteiger partial charge is 0.294 e. The lowest BCUT2D eigenvalue weighted by Crippen LogP contribution is -2.25. The van der Waals surface area contributed by atoms with Crippen molar-refractivity contribution in [3.63, 3.8) is 0 Å². The third-order valence-electron chi connectivity index (χ3n) is 2.98. The van der Waals surface area contributed by atoms with Gasteiger partial charge in [-0.15, -0.1) is 0 Å². The van der Waals surface area contributed by atoms with Crippen LogP contribution in [-0.4, -0.2) is 37.0 Å². The fourth-order valence-corrected chi connectivity index (χ4v) is 4.34. The van der Waals surface area contributed by atoms with Gasteiger partial charge in [-0.1, -0.05) is 27.7 Å². The van der Waals surface area contributed by atoms with E-state index in [1.54, 1.807) is 0 Å². The van der Waals surface area contributed by atoms with Crippen molar-refractivity contribution in [3.05, 3.63) is 0 Å². The second-order valence-electron chi connectivity index (χ2n) is 5.72. The zero-order chi connectivity index (χ0) is 15.6. The number of rotatable bonds is 6. The molecule has 0 radical (unpaired) electrons. The minimum absolute atomic E-state index is 0.352. The van der Waals surface area contributed by atoms with E-state index in [0.29, 0.717) is 12.0 Å². The molecule has 20 heavy (non-hydrogen) atoms. The van der Waals surface area contributed by atoms with Gasteiger partial charge >= 0.3 is 0 Å². The van der Waals surface area contributed by atoms with E-state index in [2.05, 4.69) is 38.9 Å². The zero-order valence-electron chi connectivity index (χ0n) is 14.6. The van der Waals surface area contributed by atoms with Gasteiger partial charge in [0.25, 0.3) is 0 Å². The lowest BCUT2D eigenvalue weighted by Gasteiger charge is -2.45. The predicted octanol–water partition coefficient (Wildman–Crippen LogP) is 5.00. The summed E-state index contributed by atoms with van der Waals surface area (Å²) in [5, 5.41) is 0. The Morgan fingerprint density at radius 2 is 2.00 bits per heavy atom. The van der Waals surface area contributed by atoms with E-state index >= 15 is 0 Å². The Morgan fingerprint density at radius 3 is 2.55 bits per heavy atom. The van der Waals surface area contributed by atoms with Crippen molar-refractivity contribution in [2.45, 2.75) is 66.9 Å². The number of hydrogen-bond acceptors (Lipinski definition) is 3. The fourth-order valence-electron chi connectivity index (χ4n) is 2.17. The molecule has 0 saturated carbocycles. The van der Waals surface area contributed by atoms with Crippen molar-refractivity contribution >= 4 is 16.3 Å². The molecule has 1 heterocycles. The van der Waals surface area contributed by atoms with Crippen LogP contribution in [0.25, 0.3) is 0 Å². The van der Waals surface area contributed by atoms with E-state index in [-0.39, 0.29) is 0 Å². The third kappa shape index (κ3) is 8.98. The highest BCUT2D eigenvalue weighted by Gasteiger charge is 2.23. The molecule has 1 aliphatic rings. The molecule has 2 unspecified atom stereocenters. The molecular weight excluding hydrogens is 270 g/mol. The first-order valence-corrected chi connectivity index (χ1v) is 10.1. The van der Waals surface area contributed by atoms with Crippen LogP contribution in [0, 0.1) is 5.92 Å². The summed E-state index contributed by atoms with van der Waals surface area (Å²) in [5.41, 5.74) is 1.27. The van der Waals surface area contributed by atoms with Gasteiger partial charge in [0.1, 0.15) is 0 Å². The number of hydrogen-bond donors (Lipinski definition) is 0. The average Bonchev–Trinajstić information content (AvgIpc) is 2.36. The first kappa shape index (κ1) is 19.9. The van der Waals surface area contributed by atoms with Crippen molar-refractivity contribution in [3.8, 4) is 0 Å². The van der Waals surface area contributed by atoms with E-state index in [0.717, 1.165) is 38.2 Å². The summed E-state index contributed by atoms with van der Waals surface area (Å²) in [6, 6.07) is 0. The number of nitrogens with zero attached hydrogens (tertiary/aromatic N) is 1. The molecule has 0 aromatic rings. The standard InChI is InChI=1S/C14H29NO2S.C2H6/c1-12(2)11-13(3)15-8-6-10-18(5)16-9-7-14(4)17-18;1-2/h12,14H,6-11H2,1-5H3;1-2H3. The van der Waals surface area contributed by atoms with Gasteiger partial charge in [-0.3, -0.25) is 13.4 Å². The molecule has 0 N–H and O–H groups in total. The lowest BCUT2D eigenvalue weighted by atomic mass is 10.1. The van der Waals surface area contributed by atoms with Crippen LogP contribution in [0.2, 0.25) is 0 Å². The lowest BCUT2D eigenvalue weighted by molar-refractivity contribution is 0.129. The summed E-state index contributed by atoms with van der Waals surface area (Å²) in [7, 11) is -1.28. The van der Waals surface area contributed by atoms with Gasteiger partial charge in [0.15, 0.2) is 0 Å². The number of aliphatic imine (C=N–C) groups is 1. The van der Waals surface area contributed by atoms with Gasteiger partial charge in [-0.25, -0.2) is 0 Å². The molecule has 1 aliphatic heterocycles. The maximum Gasteiger partial charge on any atom is 0.0816 e. The molecule has 2 atom stereocenters. The SMILES string of the molecule is CC.CC(CC(C)C)=NCCCS1(C)OCCC(C)O1. The molecule has 1 rings (SSSR count). The van der Waals surface area contributed by atoms with Crippen LogP contribution >= 0.6 is 10.6 Å². The second-order valence-corrected chi connectivity index (χ2v) is 8.40. The highest BCUT2D eigenvalue weighted by Crippen LogP contribution is 2.51. The van der Waals surface area contributed by atoms with Gasteiger partial charge < -0.3 is 0 Å². The topological polar surface area (TPSA) is 30.8 Å². The van der Waals surface area contributed by atoms with Crippen molar-refractivity contribution in [1.82, 2.24) is 0 Å². The van der Waals surface area contributed by atoms with E-state index < -0.39 is 10.6 Å². The molecule has 122 valence electrons. The summed E-state index contributed by atoms with van der Waals surface area (Å²) in [4.78, 5) is 4.62. The molecule has 1 fully saturated rings. The molecule has 0 aliphatic carbocycles. The average molecular weight is 306 g/mol. The molecular formula is C16H35NO2S. The smallest absolute Gasteiger partial charge is 0.0816 e. The quantitative estimate of drug-likeness (QED) is 0.511. The van der Waals surface area contributed by atoms with Crippen molar-refractivity contribution < 1.29 is 8.37 Å². The van der Waals surface area contributed by atoms with Crippen LogP contribution in [0.5, 0.6) is 0 Å². The van der Waals surface area contributed by atoms with Crippen LogP contribution in [0.1, 0.15) is 60.8 Å². The Bertz CT molecular complexity index is 282. The Kier molecular flexibility index (Phi) is 10.6. The van der Waals surface area contributed by atoms with E-state index in [1.807, 2.05) is 13.8 Å². The van der Waals surface area contributed by atoms with Crippen LogP contribution in [-0.2, 0) is 8.37 Å². The zero-order valence-corrected chi connectivity index (χ0v) is 15.4. The third-order valence-corrected chi connectivity index (χ3v) is 5.41. The van der Waals surface area contributed by atoms with Gasteiger partial charge in [0.05, 0.1) is 12.7 Å². The van der Waals surface area contributed by atoms with Gasteiger partial charge in [0, 0.05) is 30.7 Å². The maximum atomic E-state index is 5.96. The monoisotopic (exact) mass is 305 g/mol. The van der Waals surface area contributed by atoms with E-state index in [9.17, 15) is 0 Å². The molecule has 0 spiro atoms. The van der Waals surface area contributed by atoms with Crippen molar-refractivity contribution in [2.75, 3.05) is 25.2 Å². The van der Waals surface area contributed by atoms with Crippen LogP contribution in [0.4, 0.5) is 0 Å². The molecule has 3 nitrogen and oxygen atoms in total. The molecule has 0 bridgehead atoms. The van der Waals surface area contributed by atoms with E-state index in [4.69, 9.17) is 8.37 Å².